The van der Waals surface area contributed by atoms with Crippen LogP contribution in [0.4, 0.5) is 8.78 Å². The SMILES string of the molecule is COC(=O)c1cc(CCl)cc(Br)c1OC(F)F. The number of hydrogen-bond acceptors (Lipinski definition) is 3. The summed E-state index contributed by atoms with van der Waals surface area (Å²) in [5, 5.41) is 0. The molecule has 1 rings (SSSR count). The highest BCUT2D eigenvalue weighted by molar-refractivity contribution is 9.10. The fourth-order valence-corrected chi connectivity index (χ4v) is 1.95. The van der Waals surface area contributed by atoms with E-state index in [2.05, 4.69) is 25.4 Å². The first kappa shape index (κ1) is 14.2. The molecule has 3 nitrogen and oxygen atoms in total. The van der Waals surface area contributed by atoms with E-state index in [9.17, 15) is 13.6 Å². The lowest BCUT2D eigenvalue weighted by atomic mass is 10.1. The van der Waals surface area contributed by atoms with E-state index in [0.717, 1.165) is 7.11 Å². The van der Waals surface area contributed by atoms with E-state index in [4.69, 9.17) is 11.6 Å². The molecule has 0 fully saturated rings. The van der Waals surface area contributed by atoms with Gasteiger partial charge in [-0.2, -0.15) is 8.78 Å². The summed E-state index contributed by atoms with van der Waals surface area (Å²) in [7, 11) is 1.15. The van der Waals surface area contributed by atoms with Crippen LogP contribution in [0.2, 0.25) is 0 Å². The summed E-state index contributed by atoms with van der Waals surface area (Å²) in [4.78, 5) is 11.4. The molecule has 17 heavy (non-hydrogen) atoms. The Morgan fingerprint density at radius 3 is 2.65 bits per heavy atom. The number of carbonyl (C=O) groups excluding carboxylic acids is 1. The first-order valence-corrected chi connectivity index (χ1v) is 5.73. The number of methoxy groups -OCH3 is 1. The van der Waals surface area contributed by atoms with E-state index in [1.54, 1.807) is 0 Å². The van der Waals surface area contributed by atoms with Crippen molar-refractivity contribution in [1.29, 1.82) is 0 Å². The van der Waals surface area contributed by atoms with Gasteiger partial charge < -0.3 is 9.47 Å². The van der Waals surface area contributed by atoms with Crippen molar-refractivity contribution in [3.63, 3.8) is 0 Å². The molecule has 0 bridgehead atoms. The van der Waals surface area contributed by atoms with E-state index in [-0.39, 0.29) is 21.7 Å². The van der Waals surface area contributed by atoms with Gasteiger partial charge in [-0.05, 0) is 33.6 Å². The topological polar surface area (TPSA) is 35.5 Å². The van der Waals surface area contributed by atoms with Crippen molar-refractivity contribution in [2.75, 3.05) is 7.11 Å². The van der Waals surface area contributed by atoms with Crippen LogP contribution in [0.3, 0.4) is 0 Å². The average Bonchev–Trinajstić information content (AvgIpc) is 2.29. The summed E-state index contributed by atoms with van der Waals surface area (Å²) in [6, 6.07) is 2.85. The summed E-state index contributed by atoms with van der Waals surface area (Å²) in [6.07, 6.45) is 0. The predicted octanol–water partition coefficient (Wildman–Crippen LogP) is 3.58. The molecule has 7 heteroatoms. The number of carbonyl (C=O) groups is 1. The fourth-order valence-electron chi connectivity index (χ4n) is 1.20. The predicted molar refractivity (Wildman–Crippen MR) is 61.7 cm³/mol. The van der Waals surface area contributed by atoms with Gasteiger partial charge in [-0.3, -0.25) is 0 Å². The highest BCUT2D eigenvalue weighted by atomic mass is 79.9. The van der Waals surface area contributed by atoms with Gasteiger partial charge in [-0.15, -0.1) is 11.6 Å². The minimum Gasteiger partial charge on any atom is -0.465 e. The highest BCUT2D eigenvalue weighted by Gasteiger charge is 2.20. The smallest absolute Gasteiger partial charge is 0.387 e. The molecule has 0 aliphatic heterocycles. The zero-order valence-corrected chi connectivity index (χ0v) is 11.0. The molecule has 0 heterocycles. The van der Waals surface area contributed by atoms with Crippen LogP contribution >= 0.6 is 27.5 Å². The molecule has 0 aliphatic rings. The number of hydrogen-bond donors (Lipinski definition) is 0. The van der Waals surface area contributed by atoms with Crippen LogP contribution in [0.1, 0.15) is 15.9 Å². The Kier molecular flexibility index (Phi) is 5.14. The molecule has 0 aromatic heterocycles. The van der Waals surface area contributed by atoms with Crippen molar-refractivity contribution >= 4 is 33.5 Å². The molecule has 1 aromatic rings. The number of ether oxygens (including phenoxy) is 2. The molecule has 0 radical (unpaired) electrons. The van der Waals surface area contributed by atoms with E-state index >= 15 is 0 Å². The zero-order valence-electron chi connectivity index (χ0n) is 8.68. The molecule has 1 aromatic carbocycles. The van der Waals surface area contributed by atoms with E-state index in [1.807, 2.05) is 0 Å². The molecule has 0 amide bonds. The molecule has 0 unspecified atom stereocenters. The number of rotatable bonds is 4. The first-order chi connectivity index (χ1) is 7.99. The van der Waals surface area contributed by atoms with Crippen LogP contribution < -0.4 is 4.74 Å². The molecular formula is C10H8BrClF2O3. The summed E-state index contributed by atoms with van der Waals surface area (Å²) < 4.78 is 33.4. The first-order valence-electron chi connectivity index (χ1n) is 4.41. The van der Waals surface area contributed by atoms with Gasteiger partial charge in [0.05, 0.1) is 11.6 Å². The van der Waals surface area contributed by atoms with Gasteiger partial charge in [0.25, 0.3) is 0 Å². The van der Waals surface area contributed by atoms with Gasteiger partial charge in [-0.1, -0.05) is 0 Å². The molecule has 0 N–H and O–H groups in total. The number of esters is 1. The standard InChI is InChI=1S/C10H8BrClF2O3/c1-16-9(15)6-2-5(4-12)3-7(11)8(6)17-10(13)14/h2-3,10H,4H2,1H3. The third kappa shape index (κ3) is 3.54. The van der Waals surface area contributed by atoms with Crippen molar-refractivity contribution in [3.05, 3.63) is 27.7 Å². The van der Waals surface area contributed by atoms with Crippen molar-refractivity contribution in [3.8, 4) is 5.75 Å². The lowest BCUT2D eigenvalue weighted by Gasteiger charge is -2.12. The normalized spacial score (nSPS) is 10.5. The summed E-state index contributed by atoms with van der Waals surface area (Å²) in [6.45, 7) is -3.03. The van der Waals surface area contributed by atoms with Gasteiger partial charge >= 0.3 is 12.6 Å². The number of halogens is 4. The van der Waals surface area contributed by atoms with Crippen molar-refractivity contribution in [1.82, 2.24) is 0 Å². The maximum atomic E-state index is 12.2. The van der Waals surface area contributed by atoms with Gasteiger partial charge in [0.1, 0.15) is 5.56 Å². The molecule has 0 saturated carbocycles. The second-order valence-corrected chi connectivity index (χ2v) is 4.08. The van der Waals surface area contributed by atoms with E-state index in [0.29, 0.717) is 5.56 Å². The van der Waals surface area contributed by atoms with Gasteiger partial charge in [0, 0.05) is 5.88 Å². The molecular weight excluding hydrogens is 321 g/mol. The third-order valence-corrected chi connectivity index (χ3v) is 2.77. The van der Waals surface area contributed by atoms with Crippen molar-refractivity contribution in [2.24, 2.45) is 0 Å². The van der Waals surface area contributed by atoms with Crippen LogP contribution in [0, 0.1) is 0 Å². The minimum absolute atomic E-state index is 0.0992. The number of benzene rings is 1. The zero-order chi connectivity index (χ0) is 13.0. The van der Waals surface area contributed by atoms with Gasteiger partial charge in [0.15, 0.2) is 5.75 Å². The maximum Gasteiger partial charge on any atom is 0.387 e. The third-order valence-electron chi connectivity index (χ3n) is 1.87. The Balaban J connectivity index is 3.29. The summed E-state index contributed by atoms with van der Waals surface area (Å²) >= 11 is 8.65. The Morgan fingerprint density at radius 2 is 2.18 bits per heavy atom. The minimum atomic E-state index is -3.03. The molecule has 94 valence electrons. The average molecular weight is 330 g/mol. The molecule has 0 saturated heterocycles. The quantitative estimate of drug-likeness (QED) is 0.626. The molecule has 0 aliphatic carbocycles. The lowest BCUT2D eigenvalue weighted by molar-refractivity contribution is -0.0509. The monoisotopic (exact) mass is 328 g/mol. The number of alkyl halides is 3. The van der Waals surface area contributed by atoms with E-state index < -0.39 is 12.6 Å². The molecule has 0 atom stereocenters. The Bertz CT molecular complexity index is 426. The van der Waals surface area contributed by atoms with Gasteiger partial charge in [0.2, 0.25) is 0 Å². The molecule has 0 spiro atoms. The lowest BCUT2D eigenvalue weighted by Crippen LogP contribution is -2.10. The van der Waals surface area contributed by atoms with Crippen LogP contribution in [-0.2, 0) is 10.6 Å². The van der Waals surface area contributed by atoms with Crippen molar-refractivity contribution in [2.45, 2.75) is 12.5 Å². The van der Waals surface area contributed by atoms with Crippen LogP contribution in [0.5, 0.6) is 5.75 Å². The van der Waals surface area contributed by atoms with Crippen molar-refractivity contribution < 1.29 is 23.0 Å². The van der Waals surface area contributed by atoms with E-state index in [1.165, 1.54) is 12.1 Å². The van der Waals surface area contributed by atoms with Gasteiger partial charge in [-0.25, -0.2) is 4.79 Å². The summed E-state index contributed by atoms with van der Waals surface area (Å²) in [5.74, 6) is -0.897. The Labute approximate surface area is 110 Å². The summed E-state index contributed by atoms with van der Waals surface area (Å²) in [5.41, 5.74) is 0.485. The second kappa shape index (κ2) is 6.16. The van der Waals surface area contributed by atoms with Crippen LogP contribution in [0.15, 0.2) is 16.6 Å². The second-order valence-electron chi connectivity index (χ2n) is 2.96. The maximum absolute atomic E-state index is 12.2. The fraction of sp³-hybridized carbons (Fsp3) is 0.300. The van der Waals surface area contributed by atoms with Crippen LogP contribution in [0.25, 0.3) is 0 Å². The van der Waals surface area contributed by atoms with Crippen LogP contribution in [-0.4, -0.2) is 19.7 Å². The largest absolute Gasteiger partial charge is 0.465 e. The Morgan fingerprint density at radius 1 is 1.53 bits per heavy atom. The highest BCUT2D eigenvalue weighted by Crippen LogP contribution is 2.33. The Hall–Kier alpha value is -0.880.